The van der Waals surface area contributed by atoms with E-state index >= 15 is 0 Å². The van der Waals surface area contributed by atoms with E-state index in [0.717, 1.165) is 16.9 Å². The zero-order chi connectivity index (χ0) is 18.1. The lowest BCUT2D eigenvalue weighted by atomic mass is 10.1. The van der Waals surface area contributed by atoms with E-state index in [2.05, 4.69) is 15.5 Å². The smallest absolute Gasteiger partial charge is 0.258 e. The van der Waals surface area contributed by atoms with Crippen LogP contribution in [0.15, 0.2) is 48.5 Å². The molecule has 0 aromatic heterocycles. The SMILES string of the molecule is Cc1ccc(OCC(=O)NC2CC3C(=O)Nc4ccccc4N3C2)cc1. The lowest BCUT2D eigenvalue weighted by molar-refractivity contribution is -0.124. The summed E-state index contributed by atoms with van der Waals surface area (Å²) in [5.74, 6) is 0.475. The van der Waals surface area contributed by atoms with Crippen molar-refractivity contribution < 1.29 is 14.3 Å². The van der Waals surface area contributed by atoms with Crippen LogP contribution in [0.2, 0.25) is 0 Å². The summed E-state index contributed by atoms with van der Waals surface area (Å²) in [7, 11) is 0. The number of ether oxygens (including phenoxy) is 1. The maximum Gasteiger partial charge on any atom is 0.258 e. The fraction of sp³-hybridized carbons (Fsp3) is 0.300. The van der Waals surface area contributed by atoms with Crippen molar-refractivity contribution in [3.63, 3.8) is 0 Å². The van der Waals surface area contributed by atoms with Crippen molar-refractivity contribution in [2.75, 3.05) is 23.4 Å². The van der Waals surface area contributed by atoms with E-state index in [9.17, 15) is 9.59 Å². The van der Waals surface area contributed by atoms with Gasteiger partial charge in [0, 0.05) is 12.6 Å². The molecule has 2 aliphatic heterocycles. The Hall–Kier alpha value is -3.02. The second kappa shape index (κ2) is 6.71. The van der Waals surface area contributed by atoms with Crippen molar-refractivity contribution in [1.82, 2.24) is 5.32 Å². The third kappa shape index (κ3) is 3.22. The van der Waals surface area contributed by atoms with Crippen LogP contribution in [0.25, 0.3) is 0 Å². The molecule has 1 fully saturated rings. The summed E-state index contributed by atoms with van der Waals surface area (Å²) < 4.78 is 5.52. The fourth-order valence-corrected chi connectivity index (χ4v) is 3.55. The van der Waals surface area contributed by atoms with Crippen LogP contribution in [0, 0.1) is 6.92 Å². The van der Waals surface area contributed by atoms with Gasteiger partial charge in [-0.25, -0.2) is 0 Å². The molecule has 2 amide bonds. The van der Waals surface area contributed by atoms with E-state index in [1.54, 1.807) is 0 Å². The number of anilines is 2. The third-order valence-corrected chi connectivity index (χ3v) is 4.83. The molecular formula is C20H21N3O3. The summed E-state index contributed by atoms with van der Waals surface area (Å²) in [5, 5.41) is 5.92. The Morgan fingerprint density at radius 3 is 2.81 bits per heavy atom. The van der Waals surface area contributed by atoms with E-state index in [4.69, 9.17) is 4.74 Å². The van der Waals surface area contributed by atoms with Crippen LogP contribution in [0.4, 0.5) is 11.4 Å². The predicted octanol–water partition coefficient (Wildman–Crippen LogP) is 2.09. The van der Waals surface area contributed by atoms with Crippen LogP contribution >= 0.6 is 0 Å². The highest BCUT2D eigenvalue weighted by Gasteiger charge is 2.41. The van der Waals surface area contributed by atoms with Gasteiger partial charge in [0.25, 0.3) is 5.91 Å². The fourth-order valence-electron chi connectivity index (χ4n) is 3.55. The number of hydrogen-bond acceptors (Lipinski definition) is 4. The average Bonchev–Trinajstić information content (AvgIpc) is 3.06. The molecule has 2 heterocycles. The van der Waals surface area contributed by atoms with Crippen molar-refractivity contribution in [2.45, 2.75) is 25.4 Å². The van der Waals surface area contributed by atoms with Gasteiger partial charge in [0.15, 0.2) is 6.61 Å². The summed E-state index contributed by atoms with van der Waals surface area (Å²) in [6, 6.07) is 15.0. The average molecular weight is 351 g/mol. The van der Waals surface area contributed by atoms with Crippen LogP contribution in [0.3, 0.4) is 0 Å². The van der Waals surface area contributed by atoms with Gasteiger partial charge >= 0.3 is 0 Å². The number of carbonyl (C=O) groups excluding carboxylic acids is 2. The summed E-state index contributed by atoms with van der Waals surface area (Å²) in [6.45, 7) is 2.58. The number of rotatable bonds is 4. The highest BCUT2D eigenvalue weighted by atomic mass is 16.5. The molecule has 1 saturated heterocycles. The molecular weight excluding hydrogens is 330 g/mol. The Bertz CT molecular complexity index is 834. The molecule has 2 atom stereocenters. The molecule has 6 heteroatoms. The topological polar surface area (TPSA) is 70.7 Å². The van der Waals surface area contributed by atoms with Gasteiger partial charge in [-0.1, -0.05) is 29.8 Å². The number of benzene rings is 2. The van der Waals surface area contributed by atoms with Crippen molar-refractivity contribution in [2.24, 2.45) is 0 Å². The standard InChI is InChI=1S/C20H21N3O3/c1-13-6-8-15(9-7-13)26-12-19(24)21-14-10-18-20(25)22-16-4-2-3-5-17(16)23(18)11-14/h2-9,14,18H,10-12H2,1H3,(H,21,24)(H,22,25). The van der Waals surface area contributed by atoms with Crippen LogP contribution < -0.4 is 20.3 Å². The molecule has 4 rings (SSSR count). The van der Waals surface area contributed by atoms with Crippen molar-refractivity contribution >= 4 is 23.2 Å². The van der Waals surface area contributed by atoms with E-state index in [1.807, 2.05) is 55.5 Å². The number of amides is 2. The van der Waals surface area contributed by atoms with E-state index in [0.29, 0.717) is 18.7 Å². The molecule has 2 aliphatic rings. The number of nitrogens with zero attached hydrogens (tertiary/aromatic N) is 1. The number of para-hydroxylation sites is 2. The van der Waals surface area contributed by atoms with Gasteiger partial charge in [0.1, 0.15) is 11.8 Å². The molecule has 134 valence electrons. The second-order valence-corrected chi connectivity index (χ2v) is 6.78. The van der Waals surface area contributed by atoms with Gasteiger partial charge < -0.3 is 20.3 Å². The molecule has 0 saturated carbocycles. The van der Waals surface area contributed by atoms with E-state index in [1.165, 1.54) is 0 Å². The third-order valence-electron chi connectivity index (χ3n) is 4.83. The monoisotopic (exact) mass is 351 g/mol. The molecule has 0 aliphatic carbocycles. The summed E-state index contributed by atoms with van der Waals surface area (Å²) in [4.78, 5) is 26.6. The highest BCUT2D eigenvalue weighted by Crippen LogP contribution is 2.36. The number of hydrogen-bond donors (Lipinski definition) is 2. The van der Waals surface area contributed by atoms with E-state index in [-0.39, 0.29) is 30.5 Å². The lowest BCUT2D eigenvalue weighted by Crippen LogP contribution is -2.44. The van der Waals surface area contributed by atoms with Gasteiger partial charge in [-0.3, -0.25) is 9.59 Å². The number of fused-ring (bicyclic) bond motifs is 3. The van der Waals surface area contributed by atoms with Crippen molar-refractivity contribution in [3.8, 4) is 5.75 Å². The molecule has 0 spiro atoms. The van der Waals surface area contributed by atoms with Gasteiger partial charge in [-0.05, 0) is 37.6 Å². The largest absolute Gasteiger partial charge is 0.484 e. The predicted molar refractivity (Wildman–Crippen MR) is 99.4 cm³/mol. The number of aryl methyl sites for hydroxylation is 1. The first-order chi connectivity index (χ1) is 12.6. The second-order valence-electron chi connectivity index (χ2n) is 6.78. The van der Waals surface area contributed by atoms with Gasteiger partial charge in [-0.15, -0.1) is 0 Å². The maximum atomic E-state index is 12.3. The molecule has 2 aromatic carbocycles. The molecule has 26 heavy (non-hydrogen) atoms. The Kier molecular flexibility index (Phi) is 4.24. The minimum absolute atomic E-state index is 0.0173. The molecule has 2 N–H and O–H groups in total. The Morgan fingerprint density at radius 1 is 1.23 bits per heavy atom. The zero-order valence-corrected chi connectivity index (χ0v) is 14.6. The van der Waals surface area contributed by atoms with Crippen LogP contribution in [0.1, 0.15) is 12.0 Å². The van der Waals surface area contributed by atoms with Crippen molar-refractivity contribution in [1.29, 1.82) is 0 Å². The Labute approximate surface area is 152 Å². The Balaban J connectivity index is 1.36. The molecule has 0 bridgehead atoms. The highest BCUT2D eigenvalue weighted by molar-refractivity contribution is 6.04. The van der Waals surface area contributed by atoms with Crippen molar-refractivity contribution in [3.05, 3.63) is 54.1 Å². The molecule has 6 nitrogen and oxygen atoms in total. The summed E-state index contributed by atoms with van der Waals surface area (Å²) >= 11 is 0. The maximum absolute atomic E-state index is 12.3. The van der Waals surface area contributed by atoms with Gasteiger partial charge in [0.05, 0.1) is 11.4 Å². The van der Waals surface area contributed by atoms with E-state index < -0.39 is 0 Å². The summed E-state index contributed by atoms with van der Waals surface area (Å²) in [5.41, 5.74) is 2.97. The summed E-state index contributed by atoms with van der Waals surface area (Å²) in [6.07, 6.45) is 0.594. The molecule has 2 aromatic rings. The number of carbonyl (C=O) groups is 2. The first-order valence-corrected chi connectivity index (χ1v) is 8.75. The van der Waals surface area contributed by atoms with Gasteiger partial charge in [0.2, 0.25) is 5.91 Å². The first kappa shape index (κ1) is 16.4. The van der Waals surface area contributed by atoms with Gasteiger partial charge in [-0.2, -0.15) is 0 Å². The first-order valence-electron chi connectivity index (χ1n) is 8.75. The lowest BCUT2D eigenvalue weighted by Gasteiger charge is -2.32. The molecule has 2 unspecified atom stereocenters. The van der Waals surface area contributed by atoms with Crippen LogP contribution in [0.5, 0.6) is 5.75 Å². The normalized spacial score (nSPS) is 20.8. The Morgan fingerprint density at radius 2 is 2.00 bits per heavy atom. The van der Waals surface area contributed by atoms with Crippen LogP contribution in [-0.2, 0) is 9.59 Å². The minimum Gasteiger partial charge on any atom is -0.484 e. The quantitative estimate of drug-likeness (QED) is 0.885. The number of nitrogens with one attached hydrogen (secondary N) is 2. The zero-order valence-electron chi connectivity index (χ0n) is 14.6. The molecule has 0 radical (unpaired) electrons. The van der Waals surface area contributed by atoms with Crippen LogP contribution in [-0.4, -0.2) is 37.0 Å². The minimum atomic E-state index is -0.242.